The van der Waals surface area contributed by atoms with E-state index in [9.17, 15) is 14.9 Å². The Bertz CT molecular complexity index is 848. The number of carbonyl (C=O) groups is 1. The number of benzene rings is 2. The van der Waals surface area contributed by atoms with Crippen molar-refractivity contribution in [3.8, 4) is 0 Å². The van der Waals surface area contributed by atoms with Crippen LogP contribution in [0.3, 0.4) is 0 Å². The third-order valence-corrected chi connectivity index (χ3v) is 4.55. The van der Waals surface area contributed by atoms with Crippen LogP contribution in [0.1, 0.15) is 18.1 Å². The van der Waals surface area contributed by atoms with Gasteiger partial charge in [-0.2, -0.15) is 0 Å². The number of nitro groups is 1. The minimum Gasteiger partial charge on any atom is -0.367 e. The summed E-state index contributed by atoms with van der Waals surface area (Å²) < 4.78 is 0. The number of para-hydroxylation sites is 2. The van der Waals surface area contributed by atoms with Gasteiger partial charge in [0.05, 0.1) is 10.5 Å². The number of amides is 1. The number of fused-ring (bicyclic) bond motifs is 1. The van der Waals surface area contributed by atoms with E-state index in [1.54, 1.807) is 18.2 Å². The topological polar surface area (TPSA) is 75.5 Å². The van der Waals surface area contributed by atoms with Crippen LogP contribution in [0.5, 0.6) is 0 Å². The monoisotopic (exact) mass is 351 g/mol. The van der Waals surface area contributed by atoms with Gasteiger partial charge in [-0.05, 0) is 37.1 Å². The van der Waals surface area contributed by atoms with Gasteiger partial charge in [0.15, 0.2) is 0 Å². The van der Waals surface area contributed by atoms with E-state index in [1.165, 1.54) is 29.5 Å². The Balaban J connectivity index is 1.55. The highest BCUT2D eigenvalue weighted by Crippen LogP contribution is 2.31. The maximum atomic E-state index is 12.0. The van der Waals surface area contributed by atoms with Gasteiger partial charge >= 0.3 is 0 Å². The summed E-state index contributed by atoms with van der Waals surface area (Å²) in [7, 11) is 0. The highest BCUT2D eigenvalue weighted by atomic mass is 16.6. The molecule has 0 aromatic heterocycles. The molecule has 134 valence electrons. The molecule has 2 aromatic rings. The molecule has 1 aliphatic rings. The van der Waals surface area contributed by atoms with E-state index < -0.39 is 4.92 Å². The molecule has 0 radical (unpaired) electrons. The van der Waals surface area contributed by atoms with Crippen LogP contribution in [-0.4, -0.2) is 30.0 Å². The molecule has 1 amide bonds. The Morgan fingerprint density at radius 1 is 1.27 bits per heavy atom. The van der Waals surface area contributed by atoms with Crippen molar-refractivity contribution in [2.45, 2.75) is 19.4 Å². The maximum Gasteiger partial charge on any atom is 0.276 e. The smallest absolute Gasteiger partial charge is 0.276 e. The Kier molecular flexibility index (Phi) is 5.31. The molecular weight excluding hydrogens is 330 g/mol. The number of nitro benzene ring substituents is 1. The van der Waals surface area contributed by atoms with Gasteiger partial charge in [0.25, 0.3) is 5.69 Å². The number of anilines is 1. The summed E-state index contributed by atoms with van der Waals surface area (Å²) in [5, 5.41) is 13.8. The number of nitrogens with one attached hydrogen (secondary N) is 1. The van der Waals surface area contributed by atoms with Gasteiger partial charge in [-0.15, -0.1) is 0 Å². The largest absolute Gasteiger partial charge is 0.367 e. The zero-order valence-electron chi connectivity index (χ0n) is 14.6. The molecule has 0 spiro atoms. The molecule has 26 heavy (non-hydrogen) atoms. The van der Waals surface area contributed by atoms with Gasteiger partial charge in [-0.1, -0.05) is 30.3 Å². The van der Waals surface area contributed by atoms with Crippen LogP contribution in [-0.2, 0) is 11.2 Å². The Hall–Kier alpha value is -3.15. The zero-order valence-corrected chi connectivity index (χ0v) is 14.6. The molecule has 1 aliphatic heterocycles. The van der Waals surface area contributed by atoms with Gasteiger partial charge in [0.1, 0.15) is 0 Å². The zero-order chi connectivity index (χ0) is 18.5. The van der Waals surface area contributed by atoms with Gasteiger partial charge in [-0.3, -0.25) is 14.9 Å². The average Bonchev–Trinajstić information content (AvgIpc) is 2.95. The second-order valence-corrected chi connectivity index (χ2v) is 6.32. The fourth-order valence-electron chi connectivity index (χ4n) is 3.29. The summed E-state index contributed by atoms with van der Waals surface area (Å²) in [4.78, 5) is 24.8. The van der Waals surface area contributed by atoms with Crippen molar-refractivity contribution in [2.24, 2.45) is 0 Å². The molecule has 3 rings (SSSR count). The molecule has 1 unspecified atom stereocenters. The SMILES string of the molecule is CC1Cc2ccccc2N1CCNC(=O)C=Cc1ccccc1[N+](=O)[O-]. The molecule has 1 atom stereocenters. The van der Waals surface area contributed by atoms with Crippen LogP contribution in [0.4, 0.5) is 11.4 Å². The Morgan fingerprint density at radius 3 is 2.81 bits per heavy atom. The molecule has 0 saturated carbocycles. The lowest BCUT2D eigenvalue weighted by molar-refractivity contribution is -0.385. The first kappa shape index (κ1) is 17.7. The summed E-state index contributed by atoms with van der Waals surface area (Å²) in [6.07, 6.45) is 3.83. The second-order valence-electron chi connectivity index (χ2n) is 6.32. The summed E-state index contributed by atoms with van der Waals surface area (Å²) in [5.41, 5.74) is 2.96. The fraction of sp³-hybridized carbons (Fsp3) is 0.250. The normalized spacial score (nSPS) is 15.9. The second kappa shape index (κ2) is 7.82. The Labute approximate surface area is 152 Å². The van der Waals surface area contributed by atoms with Crippen molar-refractivity contribution in [3.63, 3.8) is 0 Å². The molecule has 0 saturated heterocycles. The molecule has 0 bridgehead atoms. The number of rotatable bonds is 6. The predicted molar refractivity (Wildman–Crippen MR) is 102 cm³/mol. The first-order valence-electron chi connectivity index (χ1n) is 8.60. The number of hydrogen-bond donors (Lipinski definition) is 1. The highest BCUT2D eigenvalue weighted by Gasteiger charge is 2.24. The van der Waals surface area contributed by atoms with E-state index in [2.05, 4.69) is 29.3 Å². The molecule has 0 fully saturated rings. The van der Waals surface area contributed by atoms with Crippen molar-refractivity contribution in [1.29, 1.82) is 0 Å². The first-order valence-corrected chi connectivity index (χ1v) is 8.60. The van der Waals surface area contributed by atoms with Gasteiger partial charge in [-0.25, -0.2) is 0 Å². The van der Waals surface area contributed by atoms with Crippen molar-refractivity contribution in [2.75, 3.05) is 18.0 Å². The summed E-state index contributed by atoms with van der Waals surface area (Å²) in [6.45, 7) is 3.41. The average molecular weight is 351 g/mol. The van der Waals surface area contributed by atoms with Crippen LogP contribution in [0.2, 0.25) is 0 Å². The number of carbonyl (C=O) groups excluding carboxylic acids is 1. The standard InChI is InChI=1S/C20H21N3O3/c1-15-14-17-7-3-4-8-18(17)22(15)13-12-21-20(24)11-10-16-6-2-5-9-19(16)23(25)26/h2-11,15H,12-14H2,1H3,(H,21,24). The fourth-order valence-corrected chi connectivity index (χ4v) is 3.29. The van der Waals surface area contributed by atoms with Crippen LogP contribution < -0.4 is 10.2 Å². The van der Waals surface area contributed by atoms with Crippen LogP contribution in [0.25, 0.3) is 6.08 Å². The third kappa shape index (κ3) is 3.91. The lowest BCUT2D eigenvalue weighted by Gasteiger charge is -2.24. The lowest BCUT2D eigenvalue weighted by atomic mass is 10.1. The molecule has 1 N–H and O–H groups in total. The number of hydrogen-bond acceptors (Lipinski definition) is 4. The van der Waals surface area contributed by atoms with Crippen LogP contribution >= 0.6 is 0 Å². The number of nitrogens with zero attached hydrogens (tertiary/aromatic N) is 2. The summed E-state index contributed by atoms with van der Waals surface area (Å²) >= 11 is 0. The van der Waals surface area contributed by atoms with E-state index >= 15 is 0 Å². The minimum atomic E-state index is -0.455. The van der Waals surface area contributed by atoms with E-state index in [-0.39, 0.29) is 11.6 Å². The van der Waals surface area contributed by atoms with Crippen molar-refractivity contribution >= 4 is 23.4 Å². The quantitative estimate of drug-likeness (QED) is 0.493. The summed E-state index contributed by atoms with van der Waals surface area (Å²) in [6, 6.07) is 15.1. The van der Waals surface area contributed by atoms with Gasteiger partial charge in [0, 0.05) is 37.0 Å². The van der Waals surface area contributed by atoms with Crippen LogP contribution in [0, 0.1) is 10.1 Å². The van der Waals surface area contributed by atoms with E-state index in [4.69, 9.17) is 0 Å². The molecule has 2 aromatic carbocycles. The molecular formula is C20H21N3O3. The van der Waals surface area contributed by atoms with E-state index in [0.29, 0.717) is 18.2 Å². The third-order valence-electron chi connectivity index (χ3n) is 4.55. The molecule has 6 nitrogen and oxygen atoms in total. The molecule has 0 aliphatic carbocycles. The minimum absolute atomic E-state index is 0.0148. The van der Waals surface area contributed by atoms with Crippen molar-refractivity contribution < 1.29 is 9.72 Å². The maximum absolute atomic E-state index is 12.0. The molecule has 1 heterocycles. The van der Waals surface area contributed by atoms with Crippen molar-refractivity contribution in [3.05, 3.63) is 75.8 Å². The predicted octanol–water partition coefficient (Wildman–Crippen LogP) is 3.18. The summed E-state index contributed by atoms with van der Waals surface area (Å²) in [5.74, 6) is -0.261. The van der Waals surface area contributed by atoms with Crippen molar-refractivity contribution in [1.82, 2.24) is 5.32 Å². The Morgan fingerprint density at radius 2 is 2.00 bits per heavy atom. The first-order chi connectivity index (χ1) is 12.6. The molecule has 6 heteroatoms. The highest BCUT2D eigenvalue weighted by molar-refractivity contribution is 5.92. The van der Waals surface area contributed by atoms with Crippen LogP contribution in [0.15, 0.2) is 54.6 Å². The van der Waals surface area contributed by atoms with E-state index in [0.717, 1.165) is 13.0 Å². The van der Waals surface area contributed by atoms with E-state index in [1.807, 2.05) is 12.1 Å². The lowest BCUT2D eigenvalue weighted by Crippen LogP contribution is -2.37. The van der Waals surface area contributed by atoms with Gasteiger partial charge in [0.2, 0.25) is 5.91 Å². The van der Waals surface area contributed by atoms with Gasteiger partial charge < -0.3 is 10.2 Å².